The van der Waals surface area contributed by atoms with E-state index in [-0.39, 0.29) is 6.61 Å². The fourth-order valence-corrected chi connectivity index (χ4v) is 0.603. The Morgan fingerprint density at radius 1 is 1.50 bits per heavy atom. The van der Waals surface area contributed by atoms with Gasteiger partial charge in [0, 0.05) is 11.8 Å². The predicted molar refractivity (Wildman–Crippen MR) is 34.1 cm³/mol. The SMILES string of the molecule is OCC(O)c1ccnnc1. The van der Waals surface area contributed by atoms with E-state index in [0.29, 0.717) is 5.56 Å². The fourth-order valence-electron chi connectivity index (χ4n) is 0.603. The molecule has 4 heteroatoms. The fraction of sp³-hybridized carbons (Fsp3) is 0.333. The lowest BCUT2D eigenvalue weighted by molar-refractivity contribution is 0.0952. The van der Waals surface area contributed by atoms with Gasteiger partial charge in [-0.15, -0.1) is 0 Å². The van der Waals surface area contributed by atoms with Crippen molar-refractivity contribution < 1.29 is 10.2 Å². The number of hydrogen-bond donors (Lipinski definition) is 2. The van der Waals surface area contributed by atoms with Crippen molar-refractivity contribution in [2.45, 2.75) is 6.10 Å². The zero-order chi connectivity index (χ0) is 7.40. The summed E-state index contributed by atoms with van der Waals surface area (Å²) >= 11 is 0. The molecule has 54 valence electrons. The lowest BCUT2D eigenvalue weighted by atomic mass is 10.2. The van der Waals surface area contributed by atoms with E-state index in [1.54, 1.807) is 6.07 Å². The van der Waals surface area contributed by atoms with Gasteiger partial charge in [-0.1, -0.05) is 0 Å². The summed E-state index contributed by atoms with van der Waals surface area (Å²) in [7, 11) is 0. The van der Waals surface area contributed by atoms with Crippen molar-refractivity contribution in [3.63, 3.8) is 0 Å². The topological polar surface area (TPSA) is 66.2 Å². The molecule has 0 bridgehead atoms. The van der Waals surface area contributed by atoms with Gasteiger partial charge in [-0.2, -0.15) is 10.2 Å². The normalized spacial score (nSPS) is 13.0. The van der Waals surface area contributed by atoms with Gasteiger partial charge >= 0.3 is 0 Å². The van der Waals surface area contributed by atoms with Crippen LogP contribution in [-0.4, -0.2) is 27.0 Å². The van der Waals surface area contributed by atoms with Gasteiger partial charge < -0.3 is 10.2 Å². The average molecular weight is 140 g/mol. The third-order valence-corrected chi connectivity index (χ3v) is 1.16. The zero-order valence-electron chi connectivity index (χ0n) is 5.31. The van der Waals surface area contributed by atoms with E-state index in [1.807, 2.05) is 0 Å². The predicted octanol–water partition coefficient (Wildman–Crippen LogP) is -0.498. The Bertz CT molecular complexity index is 190. The molecule has 2 N–H and O–H groups in total. The molecular weight excluding hydrogens is 132 g/mol. The van der Waals surface area contributed by atoms with E-state index < -0.39 is 6.10 Å². The van der Waals surface area contributed by atoms with Crippen LogP contribution in [0.25, 0.3) is 0 Å². The maximum Gasteiger partial charge on any atom is 0.104 e. The summed E-state index contributed by atoms with van der Waals surface area (Å²) in [6.45, 7) is -0.286. The third-order valence-electron chi connectivity index (χ3n) is 1.16. The lowest BCUT2D eigenvalue weighted by Crippen LogP contribution is -2.02. The van der Waals surface area contributed by atoms with Gasteiger partial charge in [0.25, 0.3) is 0 Å². The number of aromatic nitrogens is 2. The van der Waals surface area contributed by atoms with Crippen LogP contribution in [0.4, 0.5) is 0 Å². The number of rotatable bonds is 2. The maximum absolute atomic E-state index is 9.01. The molecule has 0 spiro atoms. The summed E-state index contributed by atoms with van der Waals surface area (Å²) in [6, 6.07) is 1.61. The minimum atomic E-state index is -0.838. The molecule has 0 fully saturated rings. The molecule has 1 rings (SSSR count). The van der Waals surface area contributed by atoms with Gasteiger partial charge in [-0.05, 0) is 6.07 Å². The summed E-state index contributed by atoms with van der Waals surface area (Å²) in [5, 5.41) is 24.6. The minimum Gasteiger partial charge on any atom is -0.393 e. The van der Waals surface area contributed by atoms with Crippen LogP contribution in [0.15, 0.2) is 18.5 Å². The smallest absolute Gasteiger partial charge is 0.104 e. The van der Waals surface area contributed by atoms with E-state index in [0.717, 1.165) is 0 Å². The molecule has 1 unspecified atom stereocenters. The van der Waals surface area contributed by atoms with Crippen LogP contribution in [0.2, 0.25) is 0 Å². The van der Waals surface area contributed by atoms with Crippen molar-refractivity contribution in [3.05, 3.63) is 24.0 Å². The maximum atomic E-state index is 9.01. The first kappa shape index (κ1) is 7.11. The van der Waals surface area contributed by atoms with Gasteiger partial charge in [0.05, 0.1) is 12.8 Å². The highest BCUT2D eigenvalue weighted by Gasteiger charge is 2.03. The summed E-state index contributed by atoms with van der Waals surface area (Å²) in [5.41, 5.74) is 0.581. The molecule has 0 saturated carbocycles. The second-order valence-electron chi connectivity index (χ2n) is 1.87. The number of aliphatic hydroxyl groups is 2. The van der Waals surface area contributed by atoms with Crippen LogP contribution in [0.3, 0.4) is 0 Å². The average Bonchev–Trinajstić information content (AvgIpc) is 2.05. The highest BCUT2D eigenvalue weighted by molar-refractivity contribution is 5.08. The summed E-state index contributed by atoms with van der Waals surface area (Å²) in [4.78, 5) is 0. The largest absolute Gasteiger partial charge is 0.393 e. The molecule has 0 aliphatic carbocycles. The van der Waals surface area contributed by atoms with Crippen LogP contribution in [0.5, 0.6) is 0 Å². The van der Waals surface area contributed by atoms with Gasteiger partial charge in [0.1, 0.15) is 6.10 Å². The second-order valence-corrected chi connectivity index (χ2v) is 1.87. The molecule has 4 nitrogen and oxygen atoms in total. The molecule has 1 aromatic heterocycles. The molecule has 0 saturated heterocycles. The zero-order valence-corrected chi connectivity index (χ0v) is 5.31. The van der Waals surface area contributed by atoms with Crippen LogP contribution in [0.1, 0.15) is 11.7 Å². The highest BCUT2D eigenvalue weighted by Crippen LogP contribution is 2.07. The first-order chi connectivity index (χ1) is 4.84. The van der Waals surface area contributed by atoms with E-state index >= 15 is 0 Å². The number of aliphatic hydroxyl groups excluding tert-OH is 2. The second kappa shape index (κ2) is 3.24. The molecular formula is C6H8N2O2. The van der Waals surface area contributed by atoms with Crippen LogP contribution in [-0.2, 0) is 0 Å². The monoisotopic (exact) mass is 140 g/mol. The van der Waals surface area contributed by atoms with Gasteiger partial charge in [0.15, 0.2) is 0 Å². The summed E-state index contributed by atoms with van der Waals surface area (Å²) in [5.74, 6) is 0. The molecule has 0 radical (unpaired) electrons. The standard InChI is InChI=1S/C6H8N2O2/c9-4-6(10)5-1-2-7-8-3-5/h1-3,6,9-10H,4H2. The summed E-state index contributed by atoms with van der Waals surface area (Å²) in [6.07, 6.45) is 2.05. The van der Waals surface area contributed by atoms with Gasteiger partial charge in [-0.25, -0.2) is 0 Å². The van der Waals surface area contributed by atoms with E-state index in [2.05, 4.69) is 10.2 Å². The van der Waals surface area contributed by atoms with Crippen molar-refractivity contribution >= 4 is 0 Å². The number of hydrogen-bond acceptors (Lipinski definition) is 4. The minimum absolute atomic E-state index is 0.286. The third kappa shape index (κ3) is 1.49. The molecule has 0 aliphatic rings. The first-order valence-electron chi connectivity index (χ1n) is 2.90. The van der Waals surface area contributed by atoms with Gasteiger partial charge in [0.2, 0.25) is 0 Å². The molecule has 0 aromatic carbocycles. The summed E-state index contributed by atoms with van der Waals surface area (Å²) < 4.78 is 0. The Labute approximate surface area is 58.2 Å². The van der Waals surface area contributed by atoms with Gasteiger partial charge in [-0.3, -0.25) is 0 Å². The number of nitrogens with zero attached hydrogens (tertiary/aromatic N) is 2. The van der Waals surface area contributed by atoms with Crippen LogP contribution < -0.4 is 0 Å². The first-order valence-corrected chi connectivity index (χ1v) is 2.90. The Hall–Kier alpha value is -1.00. The molecule has 1 aromatic rings. The quantitative estimate of drug-likeness (QED) is 0.581. The van der Waals surface area contributed by atoms with E-state index in [1.165, 1.54) is 12.4 Å². The van der Waals surface area contributed by atoms with Crippen molar-refractivity contribution in [2.24, 2.45) is 0 Å². The molecule has 0 aliphatic heterocycles. The molecule has 1 heterocycles. The van der Waals surface area contributed by atoms with E-state index in [4.69, 9.17) is 10.2 Å². The van der Waals surface area contributed by atoms with Crippen molar-refractivity contribution in [1.82, 2.24) is 10.2 Å². The lowest BCUT2D eigenvalue weighted by Gasteiger charge is -2.03. The molecule has 10 heavy (non-hydrogen) atoms. The van der Waals surface area contributed by atoms with Crippen molar-refractivity contribution in [1.29, 1.82) is 0 Å². The molecule has 0 amide bonds. The Morgan fingerprint density at radius 2 is 2.30 bits per heavy atom. The van der Waals surface area contributed by atoms with Crippen molar-refractivity contribution in [2.75, 3.05) is 6.61 Å². The van der Waals surface area contributed by atoms with Crippen molar-refractivity contribution in [3.8, 4) is 0 Å². The van der Waals surface area contributed by atoms with Crippen LogP contribution >= 0.6 is 0 Å². The van der Waals surface area contributed by atoms with E-state index in [9.17, 15) is 0 Å². The Morgan fingerprint density at radius 3 is 2.80 bits per heavy atom. The molecule has 1 atom stereocenters. The highest BCUT2D eigenvalue weighted by atomic mass is 16.3. The Kier molecular flexibility index (Phi) is 2.30. The van der Waals surface area contributed by atoms with Crippen LogP contribution in [0, 0.1) is 0 Å². The Balaban J connectivity index is 2.75.